The van der Waals surface area contributed by atoms with Crippen molar-refractivity contribution in [2.45, 2.75) is 25.8 Å². The molecule has 0 saturated heterocycles. The third kappa shape index (κ3) is 7.37. The van der Waals surface area contributed by atoms with Crippen molar-refractivity contribution in [1.29, 1.82) is 0 Å². The van der Waals surface area contributed by atoms with E-state index in [1.165, 1.54) is 24.3 Å². The molecule has 0 aliphatic carbocycles. The number of nitrogens with one attached hydrogen (secondary N) is 2. The number of hydrogen-bond donors (Lipinski definition) is 2. The fourth-order valence-electron chi connectivity index (χ4n) is 4.88. The molecule has 1 heterocycles. The molecule has 5 aromatic rings. The molecule has 0 aliphatic rings. The summed E-state index contributed by atoms with van der Waals surface area (Å²) in [5.41, 5.74) is 3.63. The lowest BCUT2D eigenvalue weighted by Gasteiger charge is -2.22. The normalized spacial score (nSPS) is 11.0. The van der Waals surface area contributed by atoms with Gasteiger partial charge < -0.3 is 24.7 Å². The number of fused-ring (bicyclic) bond motifs is 1. The van der Waals surface area contributed by atoms with Gasteiger partial charge in [-0.15, -0.1) is 0 Å². The van der Waals surface area contributed by atoms with Gasteiger partial charge in [0, 0.05) is 29.2 Å². The average molecular weight is 584 g/mol. The van der Waals surface area contributed by atoms with Gasteiger partial charge in [-0.1, -0.05) is 36.4 Å². The van der Waals surface area contributed by atoms with Crippen LogP contribution in [0.5, 0.6) is 5.75 Å². The number of carbonyl (C=O) groups excluding carboxylic acids is 2. The van der Waals surface area contributed by atoms with Crippen LogP contribution in [0.3, 0.4) is 0 Å². The molecule has 9 heteroatoms. The maximum atomic E-state index is 13.7. The van der Waals surface area contributed by atoms with E-state index in [0.717, 1.165) is 22.0 Å². The lowest BCUT2D eigenvalue weighted by molar-refractivity contribution is -0.143. The van der Waals surface area contributed by atoms with E-state index in [1.807, 2.05) is 29.0 Å². The summed E-state index contributed by atoms with van der Waals surface area (Å²) in [6.07, 6.45) is 2.66. The Kier molecular flexibility index (Phi) is 9.31. The number of para-hydroxylation sites is 2. The van der Waals surface area contributed by atoms with Crippen molar-refractivity contribution in [3.63, 3.8) is 0 Å². The van der Waals surface area contributed by atoms with Crippen molar-refractivity contribution in [2.75, 3.05) is 23.8 Å². The van der Waals surface area contributed by atoms with Gasteiger partial charge in [0.15, 0.2) is 0 Å². The van der Waals surface area contributed by atoms with Crippen LogP contribution in [0.2, 0.25) is 0 Å². The lowest BCUT2D eigenvalue weighted by atomic mass is 9.98. The highest BCUT2D eigenvalue weighted by molar-refractivity contribution is 6.01. The number of esters is 1. The molecule has 0 bridgehead atoms. The van der Waals surface area contributed by atoms with Crippen molar-refractivity contribution >= 4 is 34.3 Å². The Morgan fingerprint density at radius 2 is 1.51 bits per heavy atom. The second kappa shape index (κ2) is 13.7. The highest BCUT2D eigenvalue weighted by Crippen LogP contribution is 2.32. The number of halogens is 2. The Balaban J connectivity index is 1.30. The van der Waals surface area contributed by atoms with Gasteiger partial charge in [0.05, 0.1) is 24.9 Å². The van der Waals surface area contributed by atoms with Gasteiger partial charge in [-0.05, 0) is 85.1 Å². The maximum absolute atomic E-state index is 13.7. The van der Waals surface area contributed by atoms with E-state index in [0.29, 0.717) is 36.8 Å². The zero-order chi connectivity index (χ0) is 30.2. The monoisotopic (exact) mass is 583 g/mol. The van der Waals surface area contributed by atoms with Crippen LogP contribution in [0.1, 0.15) is 36.9 Å². The Bertz CT molecular complexity index is 1660. The van der Waals surface area contributed by atoms with Crippen LogP contribution in [0.25, 0.3) is 10.9 Å². The third-order valence-electron chi connectivity index (χ3n) is 6.85. The topological polar surface area (TPSA) is 81.6 Å². The molecule has 2 N–H and O–H groups in total. The van der Waals surface area contributed by atoms with Gasteiger partial charge in [0.2, 0.25) is 0 Å². The molecule has 0 spiro atoms. The first kappa shape index (κ1) is 29.3. The number of urea groups is 1. The summed E-state index contributed by atoms with van der Waals surface area (Å²) < 4.78 is 40.2. The van der Waals surface area contributed by atoms with Crippen LogP contribution in [0, 0.1) is 11.6 Å². The number of benzene rings is 4. The summed E-state index contributed by atoms with van der Waals surface area (Å²) in [5.74, 6) is -0.459. The molecule has 0 radical (unpaired) electrons. The van der Waals surface area contributed by atoms with Crippen LogP contribution < -0.4 is 15.4 Å². The summed E-state index contributed by atoms with van der Waals surface area (Å²) in [6.45, 7) is 2.40. The van der Waals surface area contributed by atoms with Crippen molar-refractivity contribution < 1.29 is 27.8 Å². The number of anilines is 2. The van der Waals surface area contributed by atoms with Crippen LogP contribution in [-0.2, 0) is 9.53 Å². The molecule has 0 atom stereocenters. The Morgan fingerprint density at radius 1 is 0.837 bits per heavy atom. The van der Waals surface area contributed by atoms with E-state index in [2.05, 4.69) is 10.6 Å². The molecule has 5 rings (SSSR count). The number of carbonyl (C=O) groups is 2. The van der Waals surface area contributed by atoms with Gasteiger partial charge in [0.1, 0.15) is 17.4 Å². The quantitative estimate of drug-likeness (QED) is 0.122. The zero-order valence-corrected chi connectivity index (χ0v) is 23.6. The van der Waals surface area contributed by atoms with Crippen LogP contribution in [-0.4, -0.2) is 29.8 Å². The predicted octanol–water partition coefficient (Wildman–Crippen LogP) is 7.92. The van der Waals surface area contributed by atoms with Gasteiger partial charge >= 0.3 is 12.0 Å². The summed E-state index contributed by atoms with van der Waals surface area (Å²) in [7, 11) is 0. The molecule has 4 aromatic carbocycles. The van der Waals surface area contributed by atoms with Crippen molar-refractivity contribution in [3.8, 4) is 5.75 Å². The summed E-state index contributed by atoms with van der Waals surface area (Å²) >= 11 is 0. The summed E-state index contributed by atoms with van der Waals surface area (Å²) in [5, 5.41) is 6.55. The second-order valence-corrected chi connectivity index (χ2v) is 9.83. The van der Waals surface area contributed by atoms with Gasteiger partial charge in [-0.25, -0.2) is 13.6 Å². The molecule has 0 aliphatic heterocycles. The SMILES string of the molecule is CCOC(=O)CCCOc1ccccc1NC(=O)Nc1ccc2c(ccn2C(c2ccc(F)cc2)c2ccc(F)cc2)c1. The third-order valence-corrected chi connectivity index (χ3v) is 6.85. The van der Waals surface area contributed by atoms with E-state index in [1.54, 1.807) is 61.5 Å². The number of ether oxygens (including phenoxy) is 2. The standard InChI is InChI=1S/C34H31F2N3O4/c1-2-42-32(40)8-5-21-43-31-7-4-3-6-29(31)38-34(41)37-28-17-18-30-25(22-28)19-20-39(30)33(23-9-13-26(35)14-10-23)24-11-15-27(36)16-12-24/h3-4,6-7,9-20,22,33H,2,5,8,21H2,1H3,(H2,37,38,41). The number of amides is 2. The predicted molar refractivity (Wildman–Crippen MR) is 162 cm³/mol. The fraction of sp³-hybridized carbons (Fsp3) is 0.176. The van der Waals surface area contributed by atoms with Crippen molar-refractivity contribution in [2.24, 2.45) is 0 Å². The minimum absolute atomic E-state index is 0.253. The van der Waals surface area contributed by atoms with Gasteiger partial charge in [0.25, 0.3) is 0 Å². The molecule has 2 amide bonds. The molecular formula is C34H31F2N3O4. The highest BCUT2D eigenvalue weighted by atomic mass is 19.1. The first-order valence-corrected chi connectivity index (χ1v) is 14.0. The molecule has 220 valence electrons. The second-order valence-electron chi connectivity index (χ2n) is 9.83. The molecule has 0 unspecified atom stereocenters. The molecule has 0 saturated carbocycles. The van der Waals surface area contributed by atoms with Crippen molar-refractivity contribution in [1.82, 2.24) is 4.57 Å². The average Bonchev–Trinajstić information content (AvgIpc) is 3.41. The summed E-state index contributed by atoms with van der Waals surface area (Å²) in [4.78, 5) is 24.4. The van der Waals surface area contributed by atoms with Gasteiger partial charge in [-0.2, -0.15) is 0 Å². The minimum Gasteiger partial charge on any atom is -0.491 e. The smallest absolute Gasteiger partial charge is 0.323 e. The van der Waals surface area contributed by atoms with E-state index in [4.69, 9.17) is 9.47 Å². The maximum Gasteiger partial charge on any atom is 0.323 e. The number of rotatable bonds is 11. The van der Waals surface area contributed by atoms with E-state index in [-0.39, 0.29) is 30.1 Å². The Hall–Kier alpha value is -5.18. The minimum atomic E-state index is -0.447. The Labute approximate surface area is 248 Å². The van der Waals surface area contributed by atoms with E-state index >= 15 is 0 Å². The number of nitrogens with zero attached hydrogens (tertiary/aromatic N) is 1. The van der Waals surface area contributed by atoms with E-state index < -0.39 is 6.03 Å². The van der Waals surface area contributed by atoms with Gasteiger partial charge in [-0.3, -0.25) is 4.79 Å². The first-order valence-electron chi connectivity index (χ1n) is 14.0. The molecule has 43 heavy (non-hydrogen) atoms. The van der Waals surface area contributed by atoms with Crippen LogP contribution >= 0.6 is 0 Å². The lowest BCUT2D eigenvalue weighted by Crippen LogP contribution is -2.20. The number of aromatic nitrogens is 1. The van der Waals surface area contributed by atoms with Crippen molar-refractivity contribution in [3.05, 3.63) is 126 Å². The molecule has 7 nitrogen and oxygen atoms in total. The largest absolute Gasteiger partial charge is 0.491 e. The summed E-state index contributed by atoms with van der Waals surface area (Å²) in [6, 6.07) is 26.3. The molecule has 1 aromatic heterocycles. The van der Waals surface area contributed by atoms with Crippen LogP contribution in [0.4, 0.5) is 25.0 Å². The molecular weight excluding hydrogens is 552 g/mol. The zero-order valence-electron chi connectivity index (χ0n) is 23.6. The number of hydrogen-bond acceptors (Lipinski definition) is 4. The molecule has 0 fully saturated rings. The van der Waals surface area contributed by atoms with Crippen LogP contribution in [0.15, 0.2) is 103 Å². The van der Waals surface area contributed by atoms with E-state index in [9.17, 15) is 18.4 Å². The first-order chi connectivity index (χ1) is 20.9. The highest BCUT2D eigenvalue weighted by Gasteiger charge is 2.19. The Morgan fingerprint density at radius 3 is 2.19 bits per heavy atom. The fourth-order valence-corrected chi connectivity index (χ4v) is 4.88.